The Morgan fingerprint density at radius 2 is 1.96 bits per heavy atom. The fraction of sp³-hybridized carbons (Fsp3) is 0.316. The number of para-hydroxylation sites is 1. The molecule has 0 radical (unpaired) electrons. The Labute approximate surface area is 137 Å². The topological polar surface area (TPSA) is 50.4 Å². The van der Waals surface area contributed by atoms with Crippen LogP contribution in [-0.2, 0) is 17.8 Å². The lowest BCUT2D eigenvalue weighted by Gasteiger charge is -2.11. The fourth-order valence-corrected chi connectivity index (χ4v) is 2.35. The summed E-state index contributed by atoms with van der Waals surface area (Å²) in [5.41, 5.74) is 3.08. The molecule has 4 nitrogen and oxygen atoms in total. The molecule has 23 heavy (non-hydrogen) atoms. The number of rotatable bonds is 8. The molecule has 0 saturated carbocycles. The summed E-state index contributed by atoms with van der Waals surface area (Å²) in [5, 5.41) is 6.29. The molecule has 0 bridgehead atoms. The number of anilines is 1. The van der Waals surface area contributed by atoms with Gasteiger partial charge >= 0.3 is 0 Å². The van der Waals surface area contributed by atoms with Crippen molar-refractivity contribution in [1.82, 2.24) is 5.32 Å². The molecule has 0 aliphatic heterocycles. The summed E-state index contributed by atoms with van der Waals surface area (Å²) >= 11 is 0. The van der Waals surface area contributed by atoms with Crippen molar-refractivity contribution < 1.29 is 9.53 Å². The minimum absolute atomic E-state index is 0.0248. The van der Waals surface area contributed by atoms with E-state index < -0.39 is 0 Å². The third kappa shape index (κ3) is 5.42. The van der Waals surface area contributed by atoms with Gasteiger partial charge in [0, 0.05) is 18.7 Å². The lowest BCUT2D eigenvalue weighted by molar-refractivity contribution is -0.116. The second kappa shape index (κ2) is 8.96. The number of amides is 1. The molecule has 4 heteroatoms. The van der Waals surface area contributed by atoms with Gasteiger partial charge in [0.2, 0.25) is 5.91 Å². The average Bonchev–Trinajstić information content (AvgIpc) is 2.59. The quantitative estimate of drug-likeness (QED) is 0.785. The monoisotopic (exact) mass is 312 g/mol. The standard InChI is InChI=1S/C19H24N2O2/c1-3-20-14-16-8-4-5-10-18(16)21-19(22)12-11-15-7-6-9-17(13-15)23-2/h4-10,13,20H,3,11-12,14H2,1-2H3,(H,21,22). The van der Waals surface area contributed by atoms with E-state index >= 15 is 0 Å². The largest absolute Gasteiger partial charge is 0.497 e. The van der Waals surface area contributed by atoms with Crippen LogP contribution in [0.2, 0.25) is 0 Å². The first kappa shape index (κ1) is 17.0. The maximum Gasteiger partial charge on any atom is 0.224 e. The van der Waals surface area contributed by atoms with E-state index in [9.17, 15) is 4.79 Å². The first-order chi connectivity index (χ1) is 11.2. The highest BCUT2D eigenvalue weighted by atomic mass is 16.5. The molecule has 0 aromatic heterocycles. The first-order valence-corrected chi connectivity index (χ1v) is 7.94. The second-order valence-electron chi connectivity index (χ2n) is 5.34. The van der Waals surface area contributed by atoms with Gasteiger partial charge in [-0.15, -0.1) is 0 Å². The van der Waals surface area contributed by atoms with Gasteiger partial charge in [0.25, 0.3) is 0 Å². The molecule has 0 fully saturated rings. The van der Waals surface area contributed by atoms with Gasteiger partial charge in [-0.1, -0.05) is 37.3 Å². The first-order valence-electron chi connectivity index (χ1n) is 7.94. The molecule has 2 aromatic carbocycles. The number of carbonyl (C=O) groups is 1. The van der Waals surface area contributed by atoms with Crippen molar-refractivity contribution in [3.8, 4) is 5.75 Å². The van der Waals surface area contributed by atoms with Crippen molar-refractivity contribution in [3.05, 3.63) is 59.7 Å². The summed E-state index contributed by atoms with van der Waals surface area (Å²) in [6.45, 7) is 3.72. The molecular formula is C19H24N2O2. The Balaban J connectivity index is 1.92. The van der Waals surface area contributed by atoms with E-state index in [2.05, 4.69) is 17.6 Å². The summed E-state index contributed by atoms with van der Waals surface area (Å²) < 4.78 is 5.20. The fourth-order valence-electron chi connectivity index (χ4n) is 2.35. The van der Waals surface area contributed by atoms with Crippen molar-refractivity contribution in [2.45, 2.75) is 26.3 Å². The van der Waals surface area contributed by atoms with Crippen molar-refractivity contribution >= 4 is 11.6 Å². The second-order valence-corrected chi connectivity index (χ2v) is 5.34. The highest BCUT2D eigenvalue weighted by Gasteiger charge is 2.07. The normalized spacial score (nSPS) is 10.3. The van der Waals surface area contributed by atoms with Crippen LogP contribution in [0.1, 0.15) is 24.5 Å². The highest BCUT2D eigenvalue weighted by Crippen LogP contribution is 2.17. The maximum absolute atomic E-state index is 12.2. The van der Waals surface area contributed by atoms with Crippen molar-refractivity contribution in [3.63, 3.8) is 0 Å². The van der Waals surface area contributed by atoms with Gasteiger partial charge in [-0.25, -0.2) is 0 Å². The van der Waals surface area contributed by atoms with Gasteiger partial charge in [0.1, 0.15) is 5.75 Å². The Kier molecular flexibility index (Phi) is 6.63. The van der Waals surface area contributed by atoms with Crippen molar-refractivity contribution in [2.24, 2.45) is 0 Å². The van der Waals surface area contributed by atoms with Gasteiger partial charge in [0.15, 0.2) is 0 Å². The van der Waals surface area contributed by atoms with Gasteiger partial charge in [-0.3, -0.25) is 4.79 Å². The number of ether oxygens (including phenoxy) is 1. The van der Waals surface area contributed by atoms with Crippen LogP contribution in [-0.4, -0.2) is 19.6 Å². The van der Waals surface area contributed by atoms with E-state index in [4.69, 9.17) is 4.74 Å². The zero-order valence-corrected chi connectivity index (χ0v) is 13.8. The predicted molar refractivity (Wildman–Crippen MR) is 93.8 cm³/mol. The number of nitrogens with one attached hydrogen (secondary N) is 2. The van der Waals surface area contributed by atoms with E-state index in [1.807, 2.05) is 48.5 Å². The zero-order valence-electron chi connectivity index (χ0n) is 13.8. The van der Waals surface area contributed by atoms with Crippen LogP contribution < -0.4 is 15.4 Å². The zero-order chi connectivity index (χ0) is 16.5. The number of methoxy groups -OCH3 is 1. The van der Waals surface area contributed by atoms with Gasteiger partial charge < -0.3 is 15.4 Å². The number of aryl methyl sites for hydroxylation is 1. The molecule has 0 saturated heterocycles. The SMILES string of the molecule is CCNCc1ccccc1NC(=O)CCc1cccc(OC)c1. The maximum atomic E-state index is 12.2. The predicted octanol–water partition coefficient (Wildman–Crippen LogP) is 3.38. The third-order valence-electron chi connectivity index (χ3n) is 3.63. The smallest absolute Gasteiger partial charge is 0.224 e. The highest BCUT2D eigenvalue weighted by molar-refractivity contribution is 5.91. The molecule has 2 rings (SSSR count). The molecule has 0 heterocycles. The molecule has 0 unspecified atom stereocenters. The summed E-state index contributed by atoms with van der Waals surface area (Å²) in [6.07, 6.45) is 1.14. The molecule has 0 aliphatic rings. The van der Waals surface area contributed by atoms with Crippen LogP contribution in [0.3, 0.4) is 0 Å². The molecule has 0 spiro atoms. The van der Waals surface area contributed by atoms with E-state index in [1.54, 1.807) is 7.11 Å². The minimum Gasteiger partial charge on any atom is -0.497 e. The van der Waals surface area contributed by atoms with E-state index in [1.165, 1.54) is 0 Å². The minimum atomic E-state index is 0.0248. The van der Waals surface area contributed by atoms with Gasteiger partial charge in [-0.2, -0.15) is 0 Å². The number of hydrogen-bond donors (Lipinski definition) is 2. The van der Waals surface area contributed by atoms with E-state index in [-0.39, 0.29) is 5.91 Å². The summed E-state index contributed by atoms with van der Waals surface area (Å²) in [4.78, 5) is 12.2. The molecular weight excluding hydrogens is 288 g/mol. The van der Waals surface area contributed by atoms with Crippen molar-refractivity contribution in [2.75, 3.05) is 19.0 Å². The molecule has 2 N–H and O–H groups in total. The molecule has 2 aromatic rings. The van der Waals surface area contributed by atoms with Crippen LogP contribution in [0.15, 0.2) is 48.5 Å². The van der Waals surface area contributed by atoms with Crippen LogP contribution in [0.4, 0.5) is 5.69 Å². The molecule has 1 amide bonds. The average molecular weight is 312 g/mol. The lowest BCUT2D eigenvalue weighted by atomic mass is 10.1. The number of hydrogen-bond acceptors (Lipinski definition) is 3. The lowest BCUT2D eigenvalue weighted by Crippen LogP contribution is -2.17. The van der Waals surface area contributed by atoms with E-state index in [0.29, 0.717) is 12.8 Å². The number of benzene rings is 2. The Morgan fingerprint density at radius 1 is 1.13 bits per heavy atom. The molecule has 122 valence electrons. The van der Waals surface area contributed by atoms with Crippen molar-refractivity contribution in [1.29, 1.82) is 0 Å². The summed E-state index contributed by atoms with van der Waals surface area (Å²) in [5.74, 6) is 0.843. The number of carbonyl (C=O) groups excluding carboxylic acids is 1. The van der Waals surface area contributed by atoms with Crippen LogP contribution in [0.25, 0.3) is 0 Å². The Bertz CT molecular complexity index is 641. The third-order valence-corrected chi connectivity index (χ3v) is 3.63. The van der Waals surface area contributed by atoms with Crippen LogP contribution in [0, 0.1) is 0 Å². The molecule has 0 aliphatic carbocycles. The summed E-state index contributed by atoms with van der Waals surface area (Å²) in [7, 11) is 1.65. The van der Waals surface area contributed by atoms with Gasteiger partial charge in [-0.05, 0) is 42.3 Å². The van der Waals surface area contributed by atoms with Crippen LogP contribution >= 0.6 is 0 Å². The van der Waals surface area contributed by atoms with E-state index in [0.717, 1.165) is 35.7 Å². The molecule has 0 atom stereocenters. The summed E-state index contributed by atoms with van der Waals surface area (Å²) in [6, 6.07) is 15.7. The van der Waals surface area contributed by atoms with Gasteiger partial charge in [0.05, 0.1) is 7.11 Å². The van der Waals surface area contributed by atoms with Crippen LogP contribution in [0.5, 0.6) is 5.75 Å². The Morgan fingerprint density at radius 3 is 2.74 bits per heavy atom. The Hall–Kier alpha value is -2.33.